The van der Waals surface area contributed by atoms with Crippen LogP contribution >= 0.6 is 11.3 Å². The maximum absolute atomic E-state index is 7.30. The van der Waals surface area contributed by atoms with E-state index in [1.807, 2.05) is 18.2 Å². The molecule has 0 radical (unpaired) electrons. The van der Waals surface area contributed by atoms with Crippen LogP contribution in [0.25, 0.3) is 186 Å². The van der Waals surface area contributed by atoms with Gasteiger partial charge < -0.3 is 9.47 Å². The third kappa shape index (κ3) is 10.4. The highest BCUT2D eigenvalue weighted by atomic mass is 32.1. The van der Waals surface area contributed by atoms with E-state index in [2.05, 4.69) is 406 Å². The van der Waals surface area contributed by atoms with E-state index in [9.17, 15) is 0 Å². The first kappa shape index (κ1) is 70.8. The monoisotopic (exact) mass is 1610 g/mol. The van der Waals surface area contributed by atoms with Gasteiger partial charge in [0.2, 0.25) is 0 Å². The molecule has 4 aliphatic rings. The highest BCUT2D eigenvalue weighted by Gasteiger charge is 2.53. The van der Waals surface area contributed by atoms with Crippen molar-refractivity contribution in [2.45, 2.75) is 10.8 Å². The number of hydrogen-bond donors (Lipinski definition) is 0. The van der Waals surface area contributed by atoms with Crippen molar-refractivity contribution in [3.05, 3.63) is 469 Å². The molecular weight excluding hydrogens is 1540 g/mol. The number of fused-ring (bicyclic) bond motifs is 31. The first-order chi connectivity index (χ1) is 62.0. The molecule has 0 fully saturated rings. The Kier molecular flexibility index (Phi) is 15.7. The van der Waals surface area contributed by atoms with E-state index in [1.165, 1.54) is 98.6 Å². The van der Waals surface area contributed by atoms with Gasteiger partial charge in [0.1, 0.15) is 23.0 Å². The summed E-state index contributed by atoms with van der Waals surface area (Å²) in [6, 6.07) is 153. The van der Waals surface area contributed by atoms with Crippen LogP contribution in [-0.2, 0) is 10.8 Å². The lowest BCUT2D eigenvalue weighted by molar-refractivity contribution is 0.442. The molecule has 0 unspecified atom stereocenters. The summed E-state index contributed by atoms with van der Waals surface area (Å²) in [5.41, 5.74) is 30.4. The van der Waals surface area contributed by atoms with Gasteiger partial charge in [-0.1, -0.05) is 394 Å². The number of hydrogen-bond acceptors (Lipinski definition) is 7. The van der Waals surface area contributed by atoms with Crippen molar-refractivity contribution in [2.75, 3.05) is 0 Å². The average Bonchev–Trinajstić information content (AvgIpc) is 1.55. The molecule has 7 heteroatoms. The van der Waals surface area contributed by atoms with Crippen LogP contribution in [-0.4, -0.2) is 19.9 Å². The van der Waals surface area contributed by atoms with E-state index >= 15 is 0 Å². The van der Waals surface area contributed by atoms with Gasteiger partial charge >= 0.3 is 0 Å². The largest absolute Gasteiger partial charge is 0.456 e. The fourth-order valence-electron chi connectivity index (χ4n) is 21.4. The summed E-state index contributed by atoms with van der Waals surface area (Å²) in [6.45, 7) is 0. The van der Waals surface area contributed by atoms with E-state index in [0.29, 0.717) is 5.82 Å². The van der Waals surface area contributed by atoms with E-state index in [4.69, 9.17) is 29.4 Å². The summed E-state index contributed by atoms with van der Waals surface area (Å²) >= 11 is 1.74. The van der Waals surface area contributed by atoms with Gasteiger partial charge in [-0.05, 0) is 130 Å². The van der Waals surface area contributed by atoms with Gasteiger partial charge in [-0.25, -0.2) is 19.9 Å². The Bertz CT molecular complexity index is 8330. The van der Waals surface area contributed by atoms with Crippen LogP contribution in [0, 0.1) is 0 Å². The molecule has 19 aromatic carbocycles. The molecule has 125 heavy (non-hydrogen) atoms. The highest BCUT2D eigenvalue weighted by molar-refractivity contribution is 7.26. The Labute approximate surface area is 724 Å². The van der Waals surface area contributed by atoms with Crippen LogP contribution < -0.4 is 9.47 Å². The maximum Gasteiger partial charge on any atom is 0.160 e. The van der Waals surface area contributed by atoms with Crippen LogP contribution in [0.2, 0.25) is 0 Å². The van der Waals surface area contributed by atoms with E-state index in [-0.39, 0.29) is 0 Å². The topological polar surface area (TPSA) is 70.0 Å². The smallest absolute Gasteiger partial charge is 0.160 e. The Balaban J connectivity index is 0.000000134. The summed E-state index contributed by atoms with van der Waals surface area (Å²) in [5.74, 6) is 4.19. The number of pyridine rings is 2. The number of thiophene rings is 1. The van der Waals surface area contributed by atoms with Crippen LogP contribution in [0.15, 0.2) is 425 Å². The lowest BCUT2D eigenvalue weighted by Crippen LogP contribution is -2.32. The van der Waals surface area contributed by atoms with E-state index in [0.717, 1.165) is 149 Å². The molecular formula is C118H70N4O2S. The van der Waals surface area contributed by atoms with Crippen molar-refractivity contribution < 1.29 is 9.47 Å². The summed E-state index contributed by atoms with van der Waals surface area (Å²) in [6.07, 6.45) is 0. The number of para-hydroxylation sites is 2. The molecule has 2 aliphatic heterocycles. The van der Waals surface area contributed by atoms with Gasteiger partial charge in [0.15, 0.2) is 5.82 Å². The van der Waals surface area contributed by atoms with Crippen LogP contribution in [0.3, 0.4) is 0 Å². The van der Waals surface area contributed by atoms with Gasteiger partial charge in [0, 0.05) is 86.9 Å². The molecule has 27 rings (SSSR count). The van der Waals surface area contributed by atoms with Crippen LogP contribution in [0.5, 0.6) is 23.0 Å². The number of ether oxygens (including phenoxy) is 2. The van der Waals surface area contributed by atoms with Crippen molar-refractivity contribution >= 4 is 96.5 Å². The quantitative estimate of drug-likeness (QED) is 0.117. The summed E-state index contributed by atoms with van der Waals surface area (Å²) in [4.78, 5) is 21.6. The molecule has 0 saturated heterocycles. The lowest BCUT2D eigenvalue weighted by Gasteiger charge is -2.40. The van der Waals surface area contributed by atoms with Gasteiger partial charge in [-0.3, -0.25) is 0 Å². The molecule has 0 N–H and O–H groups in total. The van der Waals surface area contributed by atoms with Gasteiger partial charge in [-0.15, -0.1) is 11.3 Å². The normalized spacial score (nSPS) is 13.2. The third-order valence-corrected chi connectivity index (χ3v) is 27.8. The number of rotatable bonds is 7. The second kappa shape index (κ2) is 27.7. The fourth-order valence-corrected chi connectivity index (χ4v) is 22.6. The third-order valence-electron chi connectivity index (χ3n) is 26.7. The van der Waals surface area contributed by atoms with Crippen LogP contribution in [0.4, 0.5) is 0 Å². The number of aromatic nitrogens is 4. The minimum absolute atomic E-state index is 0.574. The predicted octanol–water partition coefficient (Wildman–Crippen LogP) is 30.8. The highest BCUT2D eigenvalue weighted by Crippen LogP contribution is 2.66. The molecule has 4 aromatic heterocycles. The summed E-state index contributed by atoms with van der Waals surface area (Å²) in [5, 5.41) is 12.3. The van der Waals surface area contributed by atoms with Crippen molar-refractivity contribution in [2.24, 2.45) is 0 Å². The molecule has 0 saturated carbocycles. The van der Waals surface area contributed by atoms with Gasteiger partial charge in [0.05, 0.1) is 49.2 Å². The zero-order valence-corrected chi connectivity index (χ0v) is 68.2. The van der Waals surface area contributed by atoms with Crippen molar-refractivity contribution in [1.82, 2.24) is 19.9 Å². The lowest BCUT2D eigenvalue weighted by atomic mass is 9.65. The first-order valence-corrected chi connectivity index (χ1v) is 43.5. The van der Waals surface area contributed by atoms with Crippen LogP contribution in [0.1, 0.15) is 44.5 Å². The molecule has 23 aromatic rings. The molecule has 0 atom stereocenters. The number of nitrogens with zero attached hydrogens (tertiary/aromatic N) is 4. The molecule has 2 aliphatic carbocycles. The van der Waals surface area contributed by atoms with Crippen molar-refractivity contribution in [3.63, 3.8) is 0 Å². The SMILES string of the molecule is c1ccc(-c2ccc(-c3c4ccccc4c(-c4ccc5c(c4)nc(-c4ccccc4)c4ccc6c(c45)Oc4ccccc4C64c5ccccc5-c5ccccc54)c4ccccc34)cc2)cc1.c1ccc(-c2nc(-c3ccc4c(c3)nc(-c3ccccc3)c3ccc5c(c34)Oc3ccccc3C53c4ccccc4-c4ccccc43)c3sc4ccccc4c3n2)cc1. The molecule has 0 bridgehead atoms. The molecule has 6 heterocycles. The van der Waals surface area contributed by atoms with Crippen molar-refractivity contribution in [3.8, 4) is 124 Å². The van der Waals surface area contributed by atoms with E-state index < -0.39 is 10.8 Å². The Morgan fingerprint density at radius 1 is 0.216 bits per heavy atom. The van der Waals surface area contributed by atoms with Crippen molar-refractivity contribution in [1.29, 1.82) is 0 Å². The second-order valence-electron chi connectivity index (χ2n) is 33.0. The maximum atomic E-state index is 7.30. The fraction of sp³-hybridized carbons (Fsp3) is 0.0169. The van der Waals surface area contributed by atoms with Gasteiger partial charge in [-0.2, -0.15) is 0 Å². The molecule has 2 spiro atoms. The second-order valence-corrected chi connectivity index (χ2v) is 34.1. The molecule has 0 amide bonds. The molecule has 580 valence electrons. The molecule has 6 nitrogen and oxygen atoms in total. The minimum Gasteiger partial charge on any atom is -0.456 e. The zero-order valence-electron chi connectivity index (χ0n) is 67.4. The number of benzene rings is 19. The summed E-state index contributed by atoms with van der Waals surface area (Å²) < 4.78 is 16.8. The first-order valence-electron chi connectivity index (χ1n) is 42.7. The zero-order chi connectivity index (χ0) is 82.0. The Hall–Kier alpha value is -16.1. The Morgan fingerprint density at radius 3 is 1.03 bits per heavy atom. The minimum atomic E-state index is -0.574. The standard InChI is InChI=1S/C64H39NO.C54H31N3OS/c1-3-17-40(18-4-1)41-31-33-42(34-32-41)59-47-23-7-9-25-49(47)60(50-26-10-8-24-48(50)59)44-35-36-51-57(39-44)65-62(43-19-5-2-6-20-43)52-37-38-56-63(61(51)52)66-58-30-16-15-29-55(58)64(56)53-27-13-11-21-45(53)46-22-12-14-28-54(46)64;1-3-15-32(16-4-1)48-39-29-30-43-51(58-45-25-13-12-24-42(45)54(43)40-22-10-7-19-35(40)36-20-8-11-23-41(36)54)47(39)37-28-27-34(31-44(37)55-48)49-52-50(38-21-9-14-26-46(38)59-52)57-53(56-49)33-17-5-2-6-18-33/h1-39H;1-31H. The average molecular weight is 1610 g/mol. The van der Waals surface area contributed by atoms with Gasteiger partial charge in [0.25, 0.3) is 0 Å². The predicted molar refractivity (Wildman–Crippen MR) is 515 cm³/mol. The van der Waals surface area contributed by atoms with E-state index in [1.54, 1.807) is 11.3 Å². The Morgan fingerprint density at radius 2 is 0.560 bits per heavy atom. The summed E-state index contributed by atoms with van der Waals surface area (Å²) in [7, 11) is 0.